The van der Waals surface area contributed by atoms with Crippen LogP contribution in [-0.4, -0.2) is 29.4 Å². The van der Waals surface area contributed by atoms with Crippen molar-refractivity contribution in [1.82, 2.24) is 14.8 Å². The summed E-state index contributed by atoms with van der Waals surface area (Å²) in [4.78, 5) is 17.3. The number of sulfone groups is 1. The molecule has 0 fully saturated rings. The largest absolute Gasteiger partial charge is 0.293 e. The van der Waals surface area contributed by atoms with E-state index in [0.29, 0.717) is 17.1 Å². The van der Waals surface area contributed by atoms with Gasteiger partial charge in [-0.2, -0.15) is 0 Å². The second-order valence-corrected chi connectivity index (χ2v) is 8.13. The zero-order valence-electron chi connectivity index (χ0n) is 14.5. The smallest absolute Gasteiger partial charge is 0.280 e. The summed E-state index contributed by atoms with van der Waals surface area (Å²) >= 11 is 0. The molecule has 0 unspecified atom stereocenters. The van der Waals surface area contributed by atoms with Crippen LogP contribution < -0.4 is 5.56 Å². The predicted octanol–water partition coefficient (Wildman–Crippen LogP) is 2.56. The Bertz CT molecular complexity index is 1110. The van der Waals surface area contributed by atoms with E-state index in [-0.39, 0.29) is 10.5 Å². The molecule has 1 N–H and O–H groups in total. The number of aryl methyl sites for hydroxylation is 3. The number of H-pyrrole nitrogens is 1. The van der Waals surface area contributed by atoms with Crippen molar-refractivity contribution in [1.29, 1.82) is 0 Å². The fourth-order valence-electron chi connectivity index (χ4n) is 2.82. The zero-order chi connectivity index (χ0) is 18.4. The van der Waals surface area contributed by atoms with Crippen LogP contribution in [0.4, 0.5) is 0 Å². The van der Waals surface area contributed by atoms with E-state index >= 15 is 0 Å². The third-order valence-corrected chi connectivity index (χ3v) is 5.29. The molecule has 2 aromatic heterocycles. The minimum atomic E-state index is -3.35. The van der Waals surface area contributed by atoms with Crippen molar-refractivity contribution in [2.45, 2.75) is 25.7 Å². The lowest BCUT2D eigenvalue weighted by molar-refractivity contribution is 0.600. The van der Waals surface area contributed by atoms with E-state index < -0.39 is 9.84 Å². The monoisotopic (exact) mass is 357 g/mol. The lowest BCUT2D eigenvalue weighted by Gasteiger charge is -2.06. The van der Waals surface area contributed by atoms with Crippen molar-refractivity contribution < 1.29 is 8.42 Å². The SMILES string of the molecule is Cc1ccc(-c2c(C)[nH]n(-c3ccc(S(C)(=O)=O)c(C)n3)c2=O)cc1. The topological polar surface area (TPSA) is 84.8 Å². The first-order valence-electron chi connectivity index (χ1n) is 7.75. The summed E-state index contributed by atoms with van der Waals surface area (Å²) in [5, 5.41) is 3.02. The van der Waals surface area contributed by atoms with Gasteiger partial charge >= 0.3 is 0 Å². The lowest BCUT2D eigenvalue weighted by Crippen LogP contribution is -2.17. The molecule has 130 valence electrons. The molecule has 1 aromatic carbocycles. The van der Waals surface area contributed by atoms with Crippen LogP contribution in [0, 0.1) is 20.8 Å². The first-order chi connectivity index (χ1) is 11.7. The zero-order valence-corrected chi connectivity index (χ0v) is 15.3. The van der Waals surface area contributed by atoms with Gasteiger partial charge in [0.1, 0.15) is 0 Å². The van der Waals surface area contributed by atoms with Crippen LogP contribution in [0.1, 0.15) is 17.0 Å². The van der Waals surface area contributed by atoms with Crippen molar-refractivity contribution in [3.05, 3.63) is 63.7 Å². The fraction of sp³-hybridized carbons (Fsp3) is 0.222. The van der Waals surface area contributed by atoms with Gasteiger partial charge < -0.3 is 0 Å². The summed E-state index contributed by atoms with van der Waals surface area (Å²) in [6.45, 7) is 5.43. The maximum absolute atomic E-state index is 12.8. The summed E-state index contributed by atoms with van der Waals surface area (Å²) in [7, 11) is -3.35. The average molecular weight is 357 g/mol. The van der Waals surface area contributed by atoms with Gasteiger partial charge in [0.25, 0.3) is 5.56 Å². The Labute approximate surface area is 146 Å². The van der Waals surface area contributed by atoms with E-state index in [2.05, 4.69) is 10.1 Å². The Kier molecular flexibility index (Phi) is 4.12. The Balaban J connectivity index is 2.14. The van der Waals surface area contributed by atoms with E-state index in [1.807, 2.05) is 38.1 Å². The Morgan fingerprint density at radius 2 is 1.64 bits per heavy atom. The van der Waals surface area contributed by atoms with Crippen molar-refractivity contribution in [3.63, 3.8) is 0 Å². The minimum Gasteiger partial charge on any atom is -0.293 e. The third-order valence-electron chi connectivity index (χ3n) is 4.06. The van der Waals surface area contributed by atoms with Gasteiger partial charge in [-0.1, -0.05) is 29.8 Å². The molecule has 25 heavy (non-hydrogen) atoms. The summed E-state index contributed by atoms with van der Waals surface area (Å²) in [6.07, 6.45) is 1.14. The Morgan fingerprint density at radius 1 is 1.00 bits per heavy atom. The molecule has 2 heterocycles. The second kappa shape index (κ2) is 6.00. The molecule has 3 aromatic rings. The lowest BCUT2D eigenvalue weighted by atomic mass is 10.1. The van der Waals surface area contributed by atoms with Gasteiger partial charge in [0.15, 0.2) is 15.7 Å². The number of hydrogen-bond acceptors (Lipinski definition) is 4. The molecule has 6 nitrogen and oxygen atoms in total. The molecule has 0 aliphatic rings. The van der Waals surface area contributed by atoms with Crippen molar-refractivity contribution in [2.24, 2.45) is 0 Å². The minimum absolute atomic E-state index is 0.159. The standard InChI is InChI=1S/C18H19N3O3S/c1-11-5-7-14(8-6-11)17-13(3)20-21(18(17)22)16-10-9-15(12(2)19-16)25(4,23)24/h5-10,20H,1-4H3. The van der Waals surface area contributed by atoms with Crippen LogP contribution in [0.5, 0.6) is 0 Å². The first-order valence-corrected chi connectivity index (χ1v) is 9.64. The fourth-order valence-corrected chi connectivity index (χ4v) is 3.72. The molecular formula is C18H19N3O3S. The molecular weight excluding hydrogens is 338 g/mol. The van der Waals surface area contributed by atoms with E-state index in [9.17, 15) is 13.2 Å². The van der Waals surface area contributed by atoms with Crippen LogP contribution >= 0.6 is 0 Å². The van der Waals surface area contributed by atoms with Crippen molar-refractivity contribution in [2.75, 3.05) is 6.26 Å². The molecule has 7 heteroatoms. The summed E-state index contributed by atoms with van der Waals surface area (Å²) in [6, 6.07) is 10.7. The van der Waals surface area contributed by atoms with Gasteiger partial charge in [-0.05, 0) is 38.5 Å². The first kappa shape index (κ1) is 17.2. The van der Waals surface area contributed by atoms with Gasteiger partial charge in [-0.15, -0.1) is 0 Å². The number of hydrogen-bond donors (Lipinski definition) is 1. The number of benzene rings is 1. The van der Waals surface area contributed by atoms with Crippen molar-refractivity contribution >= 4 is 9.84 Å². The molecule has 0 saturated carbocycles. The number of aromatic amines is 1. The number of nitrogens with one attached hydrogen (secondary N) is 1. The van der Waals surface area contributed by atoms with E-state index in [1.165, 1.54) is 16.8 Å². The van der Waals surface area contributed by atoms with E-state index in [0.717, 1.165) is 23.1 Å². The maximum Gasteiger partial charge on any atom is 0.280 e. The van der Waals surface area contributed by atoms with Crippen molar-refractivity contribution in [3.8, 4) is 16.9 Å². The highest BCUT2D eigenvalue weighted by molar-refractivity contribution is 7.90. The molecule has 0 spiro atoms. The number of nitrogens with zero attached hydrogens (tertiary/aromatic N) is 2. The number of pyridine rings is 1. The van der Waals surface area contributed by atoms with Gasteiger partial charge in [-0.25, -0.2) is 18.1 Å². The maximum atomic E-state index is 12.8. The predicted molar refractivity (Wildman–Crippen MR) is 96.9 cm³/mol. The molecule has 0 aliphatic heterocycles. The highest BCUT2D eigenvalue weighted by Gasteiger charge is 2.17. The normalized spacial score (nSPS) is 11.7. The summed E-state index contributed by atoms with van der Waals surface area (Å²) in [5.74, 6) is 0.358. The van der Waals surface area contributed by atoms with E-state index in [4.69, 9.17) is 0 Å². The number of rotatable bonds is 3. The van der Waals surface area contributed by atoms with Gasteiger partial charge in [0, 0.05) is 11.9 Å². The molecule has 0 saturated heterocycles. The van der Waals surface area contributed by atoms with Gasteiger partial charge in [0.05, 0.1) is 16.2 Å². The van der Waals surface area contributed by atoms with Gasteiger partial charge in [0.2, 0.25) is 0 Å². The molecule has 0 bridgehead atoms. The molecule has 0 radical (unpaired) electrons. The van der Waals surface area contributed by atoms with Gasteiger partial charge in [-0.3, -0.25) is 9.89 Å². The molecule has 3 rings (SSSR count). The summed E-state index contributed by atoms with van der Waals surface area (Å²) < 4.78 is 24.8. The average Bonchev–Trinajstić information content (AvgIpc) is 2.82. The van der Waals surface area contributed by atoms with Crippen LogP contribution in [0.3, 0.4) is 0 Å². The Morgan fingerprint density at radius 3 is 2.20 bits per heavy atom. The second-order valence-electron chi connectivity index (χ2n) is 6.14. The van der Waals surface area contributed by atoms with Crippen LogP contribution in [-0.2, 0) is 9.84 Å². The van der Waals surface area contributed by atoms with E-state index in [1.54, 1.807) is 6.92 Å². The van der Waals surface area contributed by atoms with Crippen LogP contribution in [0.2, 0.25) is 0 Å². The highest BCUT2D eigenvalue weighted by Crippen LogP contribution is 2.21. The molecule has 0 atom stereocenters. The quantitative estimate of drug-likeness (QED) is 0.781. The summed E-state index contributed by atoms with van der Waals surface area (Å²) in [5.41, 5.74) is 3.38. The third kappa shape index (κ3) is 3.15. The Hall–Kier alpha value is -2.67. The number of aromatic nitrogens is 3. The molecule has 0 amide bonds. The highest BCUT2D eigenvalue weighted by atomic mass is 32.2. The van der Waals surface area contributed by atoms with Crippen LogP contribution in [0.25, 0.3) is 16.9 Å². The molecule has 0 aliphatic carbocycles. The van der Waals surface area contributed by atoms with Crippen LogP contribution in [0.15, 0.2) is 46.1 Å².